The summed E-state index contributed by atoms with van der Waals surface area (Å²) < 4.78 is 6.87. The minimum Gasteiger partial charge on any atom is -0.486 e. The van der Waals surface area contributed by atoms with E-state index in [4.69, 9.17) is 4.74 Å². The first-order chi connectivity index (χ1) is 8.02. The molecule has 0 radical (unpaired) electrons. The van der Waals surface area contributed by atoms with Crippen LogP contribution in [-0.4, -0.2) is 12.1 Å². The number of halogens is 1. The lowest BCUT2D eigenvalue weighted by atomic mass is 10.2. The smallest absolute Gasteiger partial charge is 0.124 e. The second kappa shape index (κ2) is 6.82. The number of ether oxygens (including phenoxy) is 1. The van der Waals surface area contributed by atoms with Gasteiger partial charge in [-0.2, -0.15) is 0 Å². The second-order valence-electron chi connectivity index (χ2n) is 4.35. The van der Waals surface area contributed by atoms with Gasteiger partial charge in [-0.1, -0.05) is 42.4 Å². The largest absolute Gasteiger partial charge is 0.486 e. The van der Waals surface area contributed by atoms with Crippen LogP contribution >= 0.6 is 15.9 Å². The van der Waals surface area contributed by atoms with Crippen molar-refractivity contribution in [2.75, 3.05) is 0 Å². The molecular weight excluding hydrogens is 278 g/mol. The first-order valence-electron chi connectivity index (χ1n) is 5.84. The van der Waals surface area contributed by atoms with Crippen LogP contribution in [0.2, 0.25) is 0 Å². The van der Waals surface area contributed by atoms with Crippen LogP contribution in [0.15, 0.2) is 35.3 Å². The molecule has 1 rings (SSSR count). The lowest BCUT2D eigenvalue weighted by Gasteiger charge is -2.16. The summed E-state index contributed by atoms with van der Waals surface area (Å²) in [4.78, 5) is 0. The Labute approximate surface area is 112 Å². The van der Waals surface area contributed by atoms with Gasteiger partial charge in [0, 0.05) is 22.6 Å². The number of hydrogen-bond acceptors (Lipinski definition) is 2. The van der Waals surface area contributed by atoms with E-state index in [-0.39, 0.29) is 6.10 Å². The molecule has 0 aromatic heterocycles. The van der Waals surface area contributed by atoms with Gasteiger partial charge in [0.25, 0.3) is 0 Å². The highest BCUT2D eigenvalue weighted by Gasteiger charge is 2.07. The molecule has 17 heavy (non-hydrogen) atoms. The van der Waals surface area contributed by atoms with Crippen molar-refractivity contribution >= 4 is 15.9 Å². The van der Waals surface area contributed by atoms with E-state index in [1.165, 1.54) is 0 Å². The standard InChI is InChI=1S/C14H20BrNO/c1-5-11(4)17-14-7-6-13(15)8-12(14)9-16-10(2)3/h5-8,10-11,16H,1,9H2,2-4H3. The predicted octanol–water partition coefficient (Wildman–Crippen LogP) is 3.90. The molecule has 0 saturated heterocycles. The molecule has 0 aliphatic carbocycles. The third-order valence-corrected chi connectivity index (χ3v) is 2.86. The van der Waals surface area contributed by atoms with Crippen molar-refractivity contribution in [3.05, 3.63) is 40.9 Å². The van der Waals surface area contributed by atoms with Crippen molar-refractivity contribution in [2.45, 2.75) is 39.5 Å². The van der Waals surface area contributed by atoms with Gasteiger partial charge >= 0.3 is 0 Å². The van der Waals surface area contributed by atoms with Crippen LogP contribution in [0.3, 0.4) is 0 Å². The van der Waals surface area contributed by atoms with Gasteiger partial charge < -0.3 is 10.1 Å². The van der Waals surface area contributed by atoms with Crippen molar-refractivity contribution in [1.82, 2.24) is 5.32 Å². The normalized spacial score (nSPS) is 12.5. The third-order valence-electron chi connectivity index (χ3n) is 2.37. The molecule has 1 atom stereocenters. The zero-order chi connectivity index (χ0) is 12.8. The zero-order valence-electron chi connectivity index (χ0n) is 10.7. The van der Waals surface area contributed by atoms with Gasteiger partial charge in [-0.15, -0.1) is 0 Å². The second-order valence-corrected chi connectivity index (χ2v) is 5.26. The minimum absolute atomic E-state index is 0.0222. The SMILES string of the molecule is C=CC(C)Oc1ccc(Br)cc1CNC(C)C. The Balaban J connectivity index is 2.83. The van der Waals surface area contributed by atoms with E-state index < -0.39 is 0 Å². The fourth-order valence-electron chi connectivity index (χ4n) is 1.36. The summed E-state index contributed by atoms with van der Waals surface area (Å²) in [5.41, 5.74) is 1.15. The summed E-state index contributed by atoms with van der Waals surface area (Å²) in [5, 5.41) is 3.39. The van der Waals surface area contributed by atoms with Crippen LogP contribution in [0, 0.1) is 0 Å². The van der Waals surface area contributed by atoms with Gasteiger partial charge in [0.2, 0.25) is 0 Å². The Bertz CT molecular complexity index is 376. The lowest BCUT2D eigenvalue weighted by molar-refractivity contribution is 0.266. The van der Waals surface area contributed by atoms with Crippen LogP contribution in [0.5, 0.6) is 5.75 Å². The van der Waals surface area contributed by atoms with Crippen molar-refractivity contribution < 1.29 is 4.74 Å². The van der Waals surface area contributed by atoms with E-state index >= 15 is 0 Å². The maximum Gasteiger partial charge on any atom is 0.124 e. The van der Waals surface area contributed by atoms with Crippen LogP contribution in [0.4, 0.5) is 0 Å². The molecule has 0 fully saturated rings. The van der Waals surface area contributed by atoms with Gasteiger partial charge in [-0.05, 0) is 25.1 Å². The van der Waals surface area contributed by atoms with Gasteiger partial charge in [0.15, 0.2) is 0 Å². The third kappa shape index (κ3) is 4.92. The van der Waals surface area contributed by atoms with E-state index in [0.717, 1.165) is 22.3 Å². The summed E-state index contributed by atoms with van der Waals surface area (Å²) in [6.07, 6.45) is 1.82. The van der Waals surface area contributed by atoms with E-state index in [1.807, 2.05) is 19.1 Å². The Morgan fingerprint density at radius 3 is 2.71 bits per heavy atom. The quantitative estimate of drug-likeness (QED) is 0.804. The first kappa shape index (κ1) is 14.3. The van der Waals surface area contributed by atoms with E-state index in [1.54, 1.807) is 6.08 Å². The van der Waals surface area contributed by atoms with Crippen LogP contribution < -0.4 is 10.1 Å². The molecule has 2 nitrogen and oxygen atoms in total. The maximum atomic E-state index is 5.80. The zero-order valence-corrected chi connectivity index (χ0v) is 12.3. The summed E-state index contributed by atoms with van der Waals surface area (Å²) in [6, 6.07) is 6.52. The van der Waals surface area contributed by atoms with Gasteiger partial charge in [0.1, 0.15) is 11.9 Å². The van der Waals surface area contributed by atoms with Crippen molar-refractivity contribution in [1.29, 1.82) is 0 Å². The predicted molar refractivity (Wildman–Crippen MR) is 76.4 cm³/mol. The molecule has 0 aliphatic rings. The fourth-order valence-corrected chi connectivity index (χ4v) is 1.77. The van der Waals surface area contributed by atoms with Crippen molar-refractivity contribution in [2.24, 2.45) is 0 Å². The van der Waals surface area contributed by atoms with E-state index in [9.17, 15) is 0 Å². The molecule has 0 saturated carbocycles. The Hall–Kier alpha value is -0.800. The Morgan fingerprint density at radius 2 is 2.12 bits per heavy atom. The number of rotatable bonds is 6. The molecule has 1 N–H and O–H groups in total. The molecule has 1 aromatic rings. The molecular formula is C14H20BrNO. The molecule has 3 heteroatoms. The highest BCUT2D eigenvalue weighted by Crippen LogP contribution is 2.24. The Morgan fingerprint density at radius 1 is 1.41 bits per heavy atom. The van der Waals surface area contributed by atoms with Crippen molar-refractivity contribution in [3.63, 3.8) is 0 Å². The van der Waals surface area contributed by atoms with Crippen LogP contribution in [-0.2, 0) is 6.54 Å². The molecule has 0 spiro atoms. The number of benzene rings is 1. The molecule has 0 amide bonds. The van der Waals surface area contributed by atoms with Crippen LogP contribution in [0.25, 0.3) is 0 Å². The number of nitrogens with one attached hydrogen (secondary N) is 1. The summed E-state index contributed by atoms with van der Waals surface area (Å²) >= 11 is 3.48. The molecule has 0 heterocycles. The van der Waals surface area contributed by atoms with Crippen molar-refractivity contribution in [3.8, 4) is 5.75 Å². The van der Waals surface area contributed by atoms with Gasteiger partial charge in [0.05, 0.1) is 0 Å². The molecule has 94 valence electrons. The van der Waals surface area contributed by atoms with Crippen LogP contribution in [0.1, 0.15) is 26.3 Å². The lowest BCUT2D eigenvalue weighted by Crippen LogP contribution is -2.22. The highest BCUT2D eigenvalue weighted by molar-refractivity contribution is 9.10. The first-order valence-corrected chi connectivity index (χ1v) is 6.63. The summed E-state index contributed by atoms with van der Waals surface area (Å²) in [5.74, 6) is 0.911. The molecule has 1 unspecified atom stereocenters. The summed E-state index contributed by atoms with van der Waals surface area (Å²) in [7, 11) is 0. The monoisotopic (exact) mass is 297 g/mol. The van der Waals surface area contributed by atoms with Gasteiger partial charge in [-0.3, -0.25) is 0 Å². The Kier molecular flexibility index (Phi) is 5.72. The molecule has 1 aromatic carbocycles. The maximum absolute atomic E-state index is 5.80. The molecule has 0 bridgehead atoms. The van der Waals surface area contributed by atoms with E-state index in [0.29, 0.717) is 6.04 Å². The average Bonchev–Trinajstić information content (AvgIpc) is 2.29. The highest BCUT2D eigenvalue weighted by atomic mass is 79.9. The average molecular weight is 298 g/mol. The van der Waals surface area contributed by atoms with E-state index in [2.05, 4.69) is 47.7 Å². The topological polar surface area (TPSA) is 21.3 Å². The van der Waals surface area contributed by atoms with Gasteiger partial charge in [-0.25, -0.2) is 0 Å². The summed E-state index contributed by atoms with van der Waals surface area (Å²) in [6.45, 7) is 10.8. The fraction of sp³-hybridized carbons (Fsp3) is 0.429. The number of hydrogen-bond donors (Lipinski definition) is 1. The minimum atomic E-state index is 0.0222. The molecule has 0 aliphatic heterocycles.